The number of piperazine rings is 1. The molecule has 0 aliphatic carbocycles. The topological polar surface area (TPSA) is 81.8 Å². The fraction of sp³-hybridized carbons (Fsp3) is 0.588. The molecule has 0 aromatic heterocycles. The molecule has 0 spiro atoms. The van der Waals surface area contributed by atoms with Gasteiger partial charge in [-0.15, -0.1) is 0 Å². The van der Waals surface area contributed by atoms with Gasteiger partial charge in [0.15, 0.2) is 0 Å². The van der Waals surface area contributed by atoms with Crippen molar-refractivity contribution in [2.75, 3.05) is 52.4 Å². The molecule has 2 rings (SSSR count). The molecule has 0 saturated carbocycles. The van der Waals surface area contributed by atoms with Crippen LogP contribution in [-0.4, -0.2) is 75.9 Å². The summed E-state index contributed by atoms with van der Waals surface area (Å²) in [6, 6.07) is 6.13. The summed E-state index contributed by atoms with van der Waals surface area (Å²) < 4.78 is 26.3. The molecular weight excluding hydrogens is 340 g/mol. The molecule has 1 heterocycles. The molecule has 2 N–H and O–H groups in total. The highest BCUT2D eigenvalue weighted by Crippen LogP contribution is 2.16. The van der Waals surface area contributed by atoms with E-state index in [4.69, 9.17) is 0 Å². The van der Waals surface area contributed by atoms with Crippen molar-refractivity contribution in [3.63, 3.8) is 0 Å². The average molecular weight is 369 g/mol. The SMILES string of the molecule is CCN(CC)S(=O)(=O)c1ccc(C(=O)NCCN2CCNCC2)cc1. The van der Waals surface area contributed by atoms with E-state index in [1.807, 2.05) is 0 Å². The Bertz CT molecular complexity index is 651. The summed E-state index contributed by atoms with van der Waals surface area (Å²) in [7, 11) is -3.49. The van der Waals surface area contributed by atoms with Crippen molar-refractivity contribution in [3.8, 4) is 0 Å². The van der Waals surface area contributed by atoms with Gasteiger partial charge in [0.2, 0.25) is 10.0 Å². The Morgan fingerprint density at radius 1 is 1.16 bits per heavy atom. The van der Waals surface area contributed by atoms with E-state index in [9.17, 15) is 13.2 Å². The van der Waals surface area contributed by atoms with E-state index >= 15 is 0 Å². The maximum atomic E-state index is 12.4. The fourth-order valence-corrected chi connectivity index (χ4v) is 4.31. The largest absolute Gasteiger partial charge is 0.351 e. The minimum absolute atomic E-state index is 0.179. The van der Waals surface area contributed by atoms with Crippen LogP contribution in [0.1, 0.15) is 24.2 Å². The Kier molecular flexibility index (Phi) is 7.37. The summed E-state index contributed by atoms with van der Waals surface area (Å²) in [5, 5.41) is 6.18. The van der Waals surface area contributed by atoms with E-state index in [-0.39, 0.29) is 10.8 Å². The maximum Gasteiger partial charge on any atom is 0.251 e. The number of nitrogens with one attached hydrogen (secondary N) is 2. The standard InChI is InChI=1S/C17H28N4O3S/c1-3-21(4-2)25(23,24)16-7-5-15(6-8-16)17(22)19-11-14-20-12-9-18-10-13-20/h5-8,18H,3-4,9-14H2,1-2H3,(H,19,22). The Balaban J connectivity index is 1.91. The van der Waals surface area contributed by atoms with Gasteiger partial charge in [0.1, 0.15) is 0 Å². The Labute approximate surface area is 150 Å². The smallest absolute Gasteiger partial charge is 0.251 e. The average Bonchev–Trinajstić information content (AvgIpc) is 2.63. The van der Waals surface area contributed by atoms with Crippen molar-refractivity contribution in [2.45, 2.75) is 18.7 Å². The van der Waals surface area contributed by atoms with E-state index in [2.05, 4.69) is 15.5 Å². The molecule has 1 fully saturated rings. The van der Waals surface area contributed by atoms with Crippen LogP contribution in [-0.2, 0) is 10.0 Å². The van der Waals surface area contributed by atoms with Gasteiger partial charge in [0.05, 0.1) is 4.90 Å². The number of carbonyl (C=O) groups is 1. The lowest BCUT2D eigenvalue weighted by Gasteiger charge is -2.27. The van der Waals surface area contributed by atoms with E-state index in [1.54, 1.807) is 26.0 Å². The number of carbonyl (C=O) groups excluding carboxylic acids is 1. The summed E-state index contributed by atoms with van der Waals surface area (Å²) in [5.74, 6) is -0.179. The van der Waals surface area contributed by atoms with Crippen molar-refractivity contribution in [1.29, 1.82) is 0 Å². The summed E-state index contributed by atoms with van der Waals surface area (Å²) >= 11 is 0. The second-order valence-electron chi connectivity index (χ2n) is 5.96. The summed E-state index contributed by atoms with van der Waals surface area (Å²) in [6.07, 6.45) is 0. The normalized spacial score (nSPS) is 16.1. The van der Waals surface area contributed by atoms with Gasteiger partial charge in [0.25, 0.3) is 5.91 Å². The molecule has 0 bridgehead atoms. The number of benzene rings is 1. The van der Waals surface area contributed by atoms with Gasteiger partial charge in [-0.05, 0) is 24.3 Å². The van der Waals surface area contributed by atoms with Crippen molar-refractivity contribution in [2.24, 2.45) is 0 Å². The second kappa shape index (κ2) is 9.28. The first-order valence-electron chi connectivity index (χ1n) is 8.80. The van der Waals surface area contributed by atoms with Crippen molar-refractivity contribution < 1.29 is 13.2 Å². The van der Waals surface area contributed by atoms with Crippen LogP contribution in [0.3, 0.4) is 0 Å². The van der Waals surface area contributed by atoms with Gasteiger partial charge in [-0.3, -0.25) is 9.69 Å². The third-order valence-corrected chi connectivity index (χ3v) is 6.45. The first kappa shape index (κ1) is 19.8. The number of hydrogen-bond donors (Lipinski definition) is 2. The lowest BCUT2D eigenvalue weighted by molar-refractivity contribution is 0.0947. The van der Waals surface area contributed by atoms with E-state index in [0.29, 0.717) is 25.2 Å². The number of hydrogen-bond acceptors (Lipinski definition) is 5. The molecule has 0 atom stereocenters. The molecule has 1 saturated heterocycles. The highest BCUT2D eigenvalue weighted by Gasteiger charge is 2.21. The lowest BCUT2D eigenvalue weighted by Crippen LogP contribution is -2.46. The van der Waals surface area contributed by atoms with Crippen LogP contribution >= 0.6 is 0 Å². The molecule has 1 aromatic carbocycles. The zero-order valence-corrected chi connectivity index (χ0v) is 15.8. The first-order valence-corrected chi connectivity index (χ1v) is 10.2. The molecule has 0 unspecified atom stereocenters. The quantitative estimate of drug-likeness (QED) is 0.692. The van der Waals surface area contributed by atoms with Crippen molar-refractivity contribution in [1.82, 2.24) is 19.8 Å². The Morgan fingerprint density at radius 3 is 2.32 bits per heavy atom. The molecule has 1 amide bonds. The van der Waals surface area contributed by atoms with Gasteiger partial charge in [-0.2, -0.15) is 4.31 Å². The van der Waals surface area contributed by atoms with Crippen LogP contribution in [0, 0.1) is 0 Å². The van der Waals surface area contributed by atoms with Gasteiger partial charge >= 0.3 is 0 Å². The van der Waals surface area contributed by atoms with E-state index in [1.165, 1.54) is 16.4 Å². The minimum Gasteiger partial charge on any atom is -0.351 e. The van der Waals surface area contributed by atoms with Crippen LogP contribution in [0.5, 0.6) is 0 Å². The zero-order valence-electron chi connectivity index (χ0n) is 15.0. The molecule has 7 nitrogen and oxygen atoms in total. The van der Waals surface area contributed by atoms with Crippen LogP contribution in [0.2, 0.25) is 0 Å². The molecule has 8 heteroatoms. The lowest BCUT2D eigenvalue weighted by atomic mass is 10.2. The Morgan fingerprint density at radius 2 is 1.76 bits per heavy atom. The number of rotatable bonds is 8. The predicted molar refractivity (Wildman–Crippen MR) is 98.2 cm³/mol. The van der Waals surface area contributed by atoms with Crippen molar-refractivity contribution >= 4 is 15.9 Å². The van der Waals surface area contributed by atoms with Gasteiger partial charge in [-0.25, -0.2) is 8.42 Å². The van der Waals surface area contributed by atoms with Crippen molar-refractivity contribution in [3.05, 3.63) is 29.8 Å². The minimum atomic E-state index is -3.49. The molecule has 140 valence electrons. The van der Waals surface area contributed by atoms with E-state index < -0.39 is 10.0 Å². The van der Waals surface area contributed by atoms with Crippen LogP contribution in [0.25, 0.3) is 0 Å². The zero-order chi connectivity index (χ0) is 18.3. The van der Waals surface area contributed by atoms with Crippen LogP contribution in [0.15, 0.2) is 29.2 Å². The molecular formula is C17H28N4O3S. The van der Waals surface area contributed by atoms with E-state index in [0.717, 1.165) is 32.7 Å². The number of sulfonamides is 1. The predicted octanol–water partition coefficient (Wildman–Crippen LogP) is 0.352. The molecule has 1 aliphatic rings. The third-order valence-electron chi connectivity index (χ3n) is 4.38. The van der Waals surface area contributed by atoms with Crippen LogP contribution < -0.4 is 10.6 Å². The number of amides is 1. The summed E-state index contributed by atoms with van der Waals surface area (Å²) in [5.41, 5.74) is 0.471. The van der Waals surface area contributed by atoms with Gasteiger partial charge in [0, 0.05) is 57.9 Å². The molecule has 0 radical (unpaired) electrons. The highest BCUT2D eigenvalue weighted by molar-refractivity contribution is 7.89. The van der Waals surface area contributed by atoms with Gasteiger partial charge in [-0.1, -0.05) is 13.8 Å². The summed E-state index contributed by atoms with van der Waals surface area (Å²) in [6.45, 7) is 9.82. The maximum absolute atomic E-state index is 12.4. The second-order valence-corrected chi connectivity index (χ2v) is 7.90. The van der Waals surface area contributed by atoms with Gasteiger partial charge < -0.3 is 10.6 Å². The monoisotopic (exact) mass is 368 g/mol. The van der Waals surface area contributed by atoms with Crippen LogP contribution in [0.4, 0.5) is 0 Å². The third kappa shape index (κ3) is 5.24. The highest BCUT2D eigenvalue weighted by atomic mass is 32.2. The molecule has 25 heavy (non-hydrogen) atoms. The fourth-order valence-electron chi connectivity index (χ4n) is 2.86. The summed E-state index contributed by atoms with van der Waals surface area (Å²) in [4.78, 5) is 14.7. The Hall–Kier alpha value is -1.48. The molecule has 1 aliphatic heterocycles. The first-order chi connectivity index (χ1) is 12.0. The molecule has 1 aromatic rings. The number of nitrogens with zero attached hydrogens (tertiary/aromatic N) is 2.